The van der Waals surface area contributed by atoms with Crippen molar-refractivity contribution in [1.82, 2.24) is 4.90 Å². The van der Waals surface area contributed by atoms with Gasteiger partial charge in [-0.2, -0.15) is 0 Å². The minimum atomic E-state index is -0.776. The second-order valence-electron chi connectivity index (χ2n) is 5.32. The molecule has 0 radical (unpaired) electrons. The molecule has 0 bridgehead atoms. The third-order valence-electron chi connectivity index (χ3n) is 3.94. The van der Waals surface area contributed by atoms with Gasteiger partial charge in [-0.1, -0.05) is 12.5 Å². The smallest absolute Gasteiger partial charge is 0.182 e. The number of likely N-dealkylation sites (tertiary alicyclic amines) is 1. The van der Waals surface area contributed by atoms with Crippen LogP contribution in [0.3, 0.4) is 0 Å². The molecule has 0 aliphatic carbocycles. The van der Waals surface area contributed by atoms with E-state index in [4.69, 9.17) is 0 Å². The molecule has 19 heavy (non-hydrogen) atoms. The number of carbonyl (C=O) groups excluding carboxylic acids is 1. The first kappa shape index (κ1) is 14.1. The molecule has 1 aromatic carbocycles. The second kappa shape index (κ2) is 5.78. The lowest BCUT2D eigenvalue weighted by Gasteiger charge is -2.38. The van der Waals surface area contributed by atoms with Crippen LogP contribution in [0.15, 0.2) is 18.2 Å². The first-order chi connectivity index (χ1) is 9.00. The number of halogens is 2. The van der Waals surface area contributed by atoms with Gasteiger partial charge in [-0.3, -0.25) is 9.69 Å². The highest BCUT2D eigenvalue weighted by molar-refractivity contribution is 5.98. The molecule has 0 unspecified atom stereocenters. The fourth-order valence-corrected chi connectivity index (χ4v) is 2.80. The van der Waals surface area contributed by atoms with Gasteiger partial charge in [-0.15, -0.1) is 0 Å². The fraction of sp³-hybridized carbons (Fsp3) is 0.533. The molecular formula is C15H19F2NO. The van der Waals surface area contributed by atoms with Crippen molar-refractivity contribution >= 4 is 5.78 Å². The van der Waals surface area contributed by atoms with Crippen molar-refractivity contribution in [2.45, 2.75) is 45.2 Å². The summed E-state index contributed by atoms with van der Waals surface area (Å²) in [6, 6.07) is 4.08. The molecule has 1 fully saturated rings. The highest BCUT2D eigenvalue weighted by Gasteiger charge is 2.28. The van der Waals surface area contributed by atoms with E-state index in [1.54, 1.807) is 0 Å². The van der Waals surface area contributed by atoms with Gasteiger partial charge in [-0.05, 0) is 38.8 Å². The van der Waals surface area contributed by atoms with E-state index in [0.29, 0.717) is 0 Å². The van der Waals surface area contributed by atoms with Crippen LogP contribution in [0.25, 0.3) is 0 Å². The average molecular weight is 267 g/mol. The van der Waals surface area contributed by atoms with Gasteiger partial charge in [0.1, 0.15) is 11.6 Å². The van der Waals surface area contributed by atoms with Crippen LogP contribution in [0.1, 0.15) is 43.5 Å². The van der Waals surface area contributed by atoms with Crippen molar-refractivity contribution in [2.24, 2.45) is 0 Å². The van der Waals surface area contributed by atoms with Crippen molar-refractivity contribution in [1.29, 1.82) is 0 Å². The Bertz CT molecular complexity index is 445. The summed E-state index contributed by atoms with van der Waals surface area (Å²) in [6.07, 6.45) is 3.19. The molecule has 2 rings (SSSR count). The SMILES string of the molecule is C[C@@H]1CCC[C@H](C)N1CC(=O)c1c(F)cccc1F. The number of piperidine rings is 1. The second-order valence-corrected chi connectivity index (χ2v) is 5.32. The van der Waals surface area contributed by atoms with E-state index < -0.39 is 23.0 Å². The summed E-state index contributed by atoms with van der Waals surface area (Å²) >= 11 is 0. The van der Waals surface area contributed by atoms with Gasteiger partial charge in [0.25, 0.3) is 0 Å². The Kier molecular flexibility index (Phi) is 4.30. The first-order valence-electron chi connectivity index (χ1n) is 6.73. The lowest BCUT2D eigenvalue weighted by Crippen LogP contribution is -2.46. The third-order valence-corrected chi connectivity index (χ3v) is 3.94. The molecular weight excluding hydrogens is 248 g/mol. The van der Waals surface area contributed by atoms with E-state index in [1.165, 1.54) is 6.07 Å². The van der Waals surface area contributed by atoms with Gasteiger partial charge in [0.2, 0.25) is 0 Å². The third kappa shape index (κ3) is 3.00. The van der Waals surface area contributed by atoms with E-state index >= 15 is 0 Å². The molecule has 0 N–H and O–H groups in total. The van der Waals surface area contributed by atoms with Gasteiger partial charge in [0, 0.05) is 12.1 Å². The summed E-state index contributed by atoms with van der Waals surface area (Å²) in [7, 11) is 0. The van der Waals surface area contributed by atoms with E-state index in [1.807, 2.05) is 4.90 Å². The van der Waals surface area contributed by atoms with E-state index in [0.717, 1.165) is 31.4 Å². The Hall–Kier alpha value is -1.29. The van der Waals surface area contributed by atoms with Gasteiger partial charge in [0.05, 0.1) is 12.1 Å². The molecule has 1 aliphatic rings. The lowest BCUT2D eigenvalue weighted by atomic mass is 9.96. The fourth-order valence-electron chi connectivity index (χ4n) is 2.80. The van der Waals surface area contributed by atoms with Crippen molar-refractivity contribution in [3.05, 3.63) is 35.4 Å². The number of hydrogen-bond acceptors (Lipinski definition) is 2. The number of Topliss-reactive ketones (excluding diaryl/α,β-unsaturated/α-hetero) is 1. The molecule has 104 valence electrons. The first-order valence-corrected chi connectivity index (χ1v) is 6.73. The normalized spacial score (nSPS) is 24.4. The molecule has 2 nitrogen and oxygen atoms in total. The minimum Gasteiger partial charge on any atom is -0.292 e. The number of rotatable bonds is 3. The van der Waals surface area contributed by atoms with Gasteiger partial charge < -0.3 is 0 Å². The molecule has 1 aliphatic heterocycles. The summed E-state index contributed by atoms with van der Waals surface area (Å²) in [5, 5.41) is 0. The maximum Gasteiger partial charge on any atom is 0.182 e. The van der Waals surface area contributed by atoms with Crippen LogP contribution in [0.2, 0.25) is 0 Å². The van der Waals surface area contributed by atoms with Crippen LogP contribution in [-0.4, -0.2) is 29.3 Å². The molecule has 0 amide bonds. The molecule has 0 spiro atoms. The Morgan fingerprint density at radius 2 is 1.74 bits per heavy atom. The standard InChI is InChI=1S/C15H19F2NO/c1-10-5-3-6-11(2)18(10)9-14(19)15-12(16)7-4-8-13(15)17/h4,7-8,10-11H,3,5-6,9H2,1-2H3/t10-,11+. The van der Waals surface area contributed by atoms with Gasteiger partial charge in [0.15, 0.2) is 5.78 Å². The minimum absolute atomic E-state index is 0.0835. The molecule has 1 heterocycles. The van der Waals surface area contributed by atoms with Crippen LogP contribution in [-0.2, 0) is 0 Å². The Labute approximate surface area is 112 Å². The van der Waals surface area contributed by atoms with Crippen LogP contribution in [0.4, 0.5) is 8.78 Å². The predicted octanol–water partition coefficient (Wildman–Crippen LogP) is 3.41. The highest BCUT2D eigenvalue weighted by Crippen LogP contribution is 2.23. The topological polar surface area (TPSA) is 20.3 Å². The molecule has 4 heteroatoms. The van der Waals surface area contributed by atoms with Gasteiger partial charge >= 0.3 is 0 Å². The predicted molar refractivity (Wildman–Crippen MR) is 70.2 cm³/mol. The molecule has 0 saturated carbocycles. The van der Waals surface area contributed by atoms with E-state index in [2.05, 4.69) is 13.8 Å². The van der Waals surface area contributed by atoms with Crippen LogP contribution in [0, 0.1) is 11.6 Å². The summed E-state index contributed by atoms with van der Waals surface area (Å²) < 4.78 is 27.1. The zero-order valence-corrected chi connectivity index (χ0v) is 11.3. The van der Waals surface area contributed by atoms with Crippen molar-refractivity contribution in [3.8, 4) is 0 Å². The summed E-state index contributed by atoms with van der Waals surface area (Å²) in [5.41, 5.74) is -0.410. The van der Waals surface area contributed by atoms with E-state index in [9.17, 15) is 13.6 Å². The quantitative estimate of drug-likeness (QED) is 0.782. The number of ketones is 1. The Morgan fingerprint density at radius 1 is 1.21 bits per heavy atom. The maximum absolute atomic E-state index is 13.6. The number of nitrogens with zero attached hydrogens (tertiary/aromatic N) is 1. The number of benzene rings is 1. The molecule has 0 aromatic heterocycles. The van der Waals surface area contributed by atoms with Crippen LogP contribution >= 0.6 is 0 Å². The van der Waals surface area contributed by atoms with Crippen molar-refractivity contribution in [2.75, 3.05) is 6.54 Å². The average Bonchev–Trinajstić information content (AvgIpc) is 2.34. The summed E-state index contributed by atoms with van der Waals surface area (Å²) in [6.45, 7) is 4.20. The maximum atomic E-state index is 13.6. The Morgan fingerprint density at radius 3 is 2.26 bits per heavy atom. The molecule has 2 atom stereocenters. The van der Waals surface area contributed by atoms with Gasteiger partial charge in [-0.25, -0.2) is 8.78 Å². The van der Waals surface area contributed by atoms with Crippen molar-refractivity contribution < 1.29 is 13.6 Å². The summed E-state index contributed by atoms with van der Waals surface area (Å²) in [5.74, 6) is -2.03. The lowest BCUT2D eigenvalue weighted by molar-refractivity contribution is 0.0727. The molecule has 1 saturated heterocycles. The monoisotopic (exact) mass is 267 g/mol. The number of hydrogen-bond donors (Lipinski definition) is 0. The zero-order valence-electron chi connectivity index (χ0n) is 11.3. The largest absolute Gasteiger partial charge is 0.292 e. The van der Waals surface area contributed by atoms with E-state index in [-0.39, 0.29) is 18.6 Å². The summed E-state index contributed by atoms with van der Waals surface area (Å²) in [4.78, 5) is 14.2. The highest BCUT2D eigenvalue weighted by atomic mass is 19.1. The molecule has 1 aromatic rings. The Balaban J connectivity index is 2.16. The zero-order chi connectivity index (χ0) is 14.0. The van der Waals surface area contributed by atoms with Crippen LogP contribution in [0.5, 0.6) is 0 Å². The van der Waals surface area contributed by atoms with Crippen LogP contribution < -0.4 is 0 Å². The van der Waals surface area contributed by atoms with Crippen molar-refractivity contribution in [3.63, 3.8) is 0 Å². The number of carbonyl (C=O) groups is 1.